The van der Waals surface area contributed by atoms with Crippen LogP contribution in [-0.2, 0) is 21.3 Å². The Morgan fingerprint density at radius 3 is 2.85 bits per heavy atom. The summed E-state index contributed by atoms with van der Waals surface area (Å²) in [5.41, 5.74) is 0. The van der Waals surface area contributed by atoms with Crippen LogP contribution in [0.1, 0.15) is 17.7 Å². The van der Waals surface area contributed by atoms with Gasteiger partial charge in [-0.15, -0.1) is 11.3 Å². The molecule has 0 unspecified atom stereocenters. The van der Waals surface area contributed by atoms with Gasteiger partial charge in [0.05, 0.1) is 6.61 Å². The smallest absolute Gasteiger partial charge is 0.252 e. The van der Waals surface area contributed by atoms with E-state index < -0.39 is 10.0 Å². The fourth-order valence-corrected chi connectivity index (χ4v) is 4.50. The van der Waals surface area contributed by atoms with Crippen LogP contribution in [0.5, 0.6) is 0 Å². The zero-order valence-corrected chi connectivity index (χ0v) is 13.6. The number of nitrogens with one attached hydrogen (secondary N) is 1. The van der Waals surface area contributed by atoms with E-state index in [9.17, 15) is 8.42 Å². The maximum atomic E-state index is 12.4. The molecule has 7 heteroatoms. The first kappa shape index (κ1) is 15.9. The molecule has 1 aliphatic carbocycles. The molecule has 0 spiro atoms. The molecule has 1 aromatic heterocycles. The molecule has 1 saturated carbocycles. The second-order valence-electron chi connectivity index (χ2n) is 5.10. The number of hydrogen-bond acceptors (Lipinski definition) is 5. The third kappa shape index (κ3) is 4.26. The Morgan fingerprint density at radius 1 is 1.45 bits per heavy atom. The molecule has 5 nitrogen and oxygen atoms in total. The van der Waals surface area contributed by atoms with E-state index in [-0.39, 0.29) is 0 Å². The van der Waals surface area contributed by atoms with Gasteiger partial charge in [-0.05, 0) is 37.9 Å². The van der Waals surface area contributed by atoms with E-state index in [1.165, 1.54) is 28.5 Å². The van der Waals surface area contributed by atoms with Crippen LogP contribution in [0.25, 0.3) is 0 Å². The second-order valence-corrected chi connectivity index (χ2v) is 8.54. The molecular formula is C13H22N2O3S2. The van der Waals surface area contributed by atoms with Crippen LogP contribution in [0.2, 0.25) is 0 Å². The van der Waals surface area contributed by atoms with E-state index in [4.69, 9.17) is 4.74 Å². The Balaban J connectivity index is 1.86. The Bertz CT molecular complexity index is 523. The van der Waals surface area contributed by atoms with Crippen molar-refractivity contribution in [3.63, 3.8) is 0 Å². The van der Waals surface area contributed by atoms with E-state index in [0.29, 0.717) is 29.8 Å². The molecule has 0 aliphatic heterocycles. The predicted octanol–water partition coefficient (Wildman–Crippen LogP) is 1.51. The Morgan fingerprint density at radius 2 is 2.20 bits per heavy atom. The predicted molar refractivity (Wildman–Crippen MR) is 80.4 cm³/mol. The SMILES string of the molecule is CNCc1ccc(S(=O)(=O)N(C)CCOCC2CC2)s1. The van der Waals surface area contributed by atoms with Gasteiger partial charge in [0, 0.05) is 31.6 Å². The Labute approximate surface area is 125 Å². The van der Waals surface area contributed by atoms with Crippen LogP contribution < -0.4 is 5.32 Å². The molecule has 0 amide bonds. The van der Waals surface area contributed by atoms with Crippen molar-refractivity contribution in [2.45, 2.75) is 23.6 Å². The highest BCUT2D eigenvalue weighted by atomic mass is 32.2. The molecule has 0 atom stereocenters. The van der Waals surface area contributed by atoms with Crippen molar-refractivity contribution >= 4 is 21.4 Å². The summed E-state index contributed by atoms with van der Waals surface area (Å²) in [5.74, 6) is 0.707. The van der Waals surface area contributed by atoms with Crippen molar-refractivity contribution < 1.29 is 13.2 Å². The summed E-state index contributed by atoms with van der Waals surface area (Å²) in [6.07, 6.45) is 2.50. The van der Waals surface area contributed by atoms with E-state index in [1.54, 1.807) is 13.1 Å². The molecular weight excluding hydrogens is 296 g/mol. The second kappa shape index (κ2) is 7.00. The number of likely N-dealkylation sites (N-methyl/N-ethyl adjacent to an activating group) is 1. The topological polar surface area (TPSA) is 58.6 Å². The molecule has 1 heterocycles. The molecule has 1 aliphatic rings. The lowest BCUT2D eigenvalue weighted by Crippen LogP contribution is -2.30. The molecule has 20 heavy (non-hydrogen) atoms. The summed E-state index contributed by atoms with van der Waals surface area (Å²) in [4.78, 5) is 1.02. The molecule has 1 aromatic rings. The average molecular weight is 318 g/mol. The van der Waals surface area contributed by atoms with Crippen LogP contribution in [-0.4, -0.2) is 46.6 Å². The summed E-state index contributed by atoms with van der Waals surface area (Å²) in [5, 5.41) is 3.02. The number of thiophene rings is 1. The highest BCUT2D eigenvalue weighted by Gasteiger charge is 2.24. The molecule has 2 rings (SSSR count). The fraction of sp³-hybridized carbons (Fsp3) is 0.692. The Hall–Kier alpha value is -0.470. The monoisotopic (exact) mass is 318 g/mol. The van der Waals surface area contributed by atoms with Gasteiger partial charge in [0.15, 0.2) is 0 Å². The minimum Gasteiger partial charge on any atom is -0.380 e. The maximum absolute atomic E-state index is 12.4. The molecule has 1 fully saturated rings. The van der Waals surface area contributed by atoms with Gasteiger partial charge in [-0.2, -0.15) is 4.31 Å². The summed E-state index contributed by atoms with van der Waals surface area (Å²) < 4.78 is 32.0. The van der Waals surface area contributed by atoms with E-state index >= 15 is 0 Å². The summed E-state index contributed by atoms with van der Waals surface area (Å²) in [7, 11) is 0.0714. The van der Waals surface area contributed by atoms with Crippen molar-refractivity contribution in [3.05, 3.63) is 17.0 Å². The molecule has 0 aromatic carbocycles. The van der Waals surface area contributed by atoms with Crippen molar-refractivity contribution in [3.8, 4) is 0 Å². The lowest BCUT2D eigenvalue weighted by atomic mass is 10.5. The molecule has 0 radical (unpaired) electrons. The van der Waals surface area contributed by atoms with Crippen LogP contribution in [0, 0.1) is 5.92 Å². The van der Waals surface area contributed by atoms with Crippen LogP contribution >= 0.6 is 11.3 Å². The minimum atomic E-state index is -3.38. The molecule has 1 N–H and O–H groups in total. The first-order valence-corrected chi connectivity index (χ1v) is 9.07. The van der Waals surface area contributed by atoms with Crippen LogP contribution in [0.15, 0.2) is 16.3 Å². The third-order valence-corrected chi connectivity index (χ3v) is 6.66. The van der Waals surface area contributed by atoms with Crippen molar-refractivity contribution in [1.29, 1.82) is 0 Å². The lowest BCUT2D eigenvalue weighted by Gasteiger charge is -2.15. The van der Waals surface area contributed by atoms with Gasteiger partial charge in [0.2, 0.25) is 0 Å². The molecule has 0 saturated heterocycles. The van der Waals surface area contributed by atoms with Crippen molar-refractivity contribution in [1.82, 2.24) is 9.62 Å². The van der Waals surface area contributed by atoms with E-state index in [2.05, 4.69) is 5.32 Å². The quantitative estimate of drug-likeness (QED) is 0.701. The maximum Gasteiger partial charge on any atom is 0.252 e. The van der Waals surface area contributed by atoms with Gasteiger partial charge in [-0.3, -0.25) is 0 Å². The first-order valence-electron chi connectivity index (χ1n) is 6.81. The molecule has 0 bridgehead atoms. The fourth-order valence-electron chi connectivity index (χ4n) is 1.77. The van der Waals surface area contributed by atoms with Gasteiger partial charge in [-0.25, -0.2) is 8.42 Å². The number of rotatable bonds is 9. The van der Waals surface area contributed by atoms with Crippen molar-refractivity contribution in [2.75, 3.05) is 33.9 Å². The number of nitrogens with zero attached hydrogens (tertiary/aromatic N) is 1. The summed E-state index contributed by atoms with van der Waals surface area (Å²) >= 11 is 1.31. The normalized spacial score (nSPS) is 15.9. The van der Waals surface area contributed by atoms with Gasteiger partial charge in [0.25, 0.3) is 10.0 Å². The third-order valence-electron chi connectivity index (χ3n) is 3.25. The first-order chi connectivity index (χ1) is 9.54. The zero-order valence-electron chi connectivity index (χ0n) is 12.0. The minimum absolute atomic E-state index is 0.396. The largest absolute Gasteiger partial charge is 0.380 e. The number of hydrogen-bond donors (Lipinski definition) is 1. The highest BCUT2D eigenvalue weighted by Crippen LogP contribution is 2.28. The van der Waals surface area contributed by atoms with Crippen LogP contribution in [0.4, 0.5) is 0 Å². The van der Waals surface area contributed by atoms with Gasteiger partial charge < -0.3 is 10.1 Å². The van der Waals surface area contributed by atoms with Crippen LogP contribution in [0.3, 0.4) is 0 Å². The Kier molecular flexibility index (Phi) is 5.57. The van der Waals surface area contributed by atoms with E-state index in [1.807, 2.05) is 13.1 Å². The highest BCUT2D eigenvalue weighted by molar-refractivity contribution is 7.91. The average Bonchev–Trinajstić information content (AvgIpc) is 3.11. The van der Waals surface area contributed by atoms with E-state index in [0.717, 1.165) is 11.5 Å². The van der Waals surface area contributed by atoms with Gasteiger partial charge in [0.1, 0.15) is 4.21 Å². The standard InChI is InChI=1S/C13H22N2O3S2/c1-14-9-12-5-6-13(19-12)20(16,17)15(2)7-8-18-10-11-3-4-11/h5-6,11,14H,3-4,7-10H2,1-2H3. The number of sulfonamides is 1. The van der Waals surface area contributed by atoms with Crippen molar-refractivity contribution in [2.24, 2.45) is 5.92 Å². The van der Waals surface area contributed by atoms with Gasteiger partial charge >= 0.3 is 0 Å². The summed E-state index contributed by atoms with van der Waals surface area (Å²) in [6.45, 7) is 2.31. The lowest BCUT2D eigenvalue weighted by molar-refractivity contribution is 0.117. The number of ether oxygens (including phenoxy) is 1. The zero-order chi connectivity index (χ0) is 14.6. The molecule has 114 valence electrons. The summed E-state index contributed by atoms with van der Waals surface area (Å²) in [6, 6.07) is 3.53. The van der Waals surface area contributed by atoms with Gasteiger partial charge in [-0.1, -0.05) is 0 Å².